The Morgan fingerprint density at radius 2 is 0.864 bits per heavy atom. The zero-order chi connectivity index (χ0) is 38.9. The van der Waals surface area contributed by atoms with E-state index in [-0.39, 0.29) is 0 Å². The highest BCUT2D eigenvalue weighted by Crippen LogP contribution is 2.44. The smallest absolute Gasteiger partial charge is 0.167 e. The first-order valence-electron chi connectivity index (χ1n) is 19.9. The van der Waals surface area contributed by atoms with E-state index in [1.54, 1.807) is 0 Å². The van der Waals surface area contributed by atoms with Crippen LogP contribution in [-0.4, -0.2) is 15.0 Å². The highest BCUT2D eigenvalue weighted by Gasteiger charge is 2.23. The Kier molecular flexibility index (Phi) is 7.50. The molecule has 2 aromatic heterocycles. The summed E-state index contributed by atoms with van der Waals surface area (Å²) < 4.78 is 6.62. The molecule has 0 saturated heterocycles. The van der Waals surface area contributed by atoms with Crippen molar-refractivity contribution in [2.24, 2.45) is 0 Å². The van der Waals surface area contributed by atoms with Crippen LogP contribution in [-0.2, 0) is 0 Å². The fraction of sp³-hybridized carbons (Fsp3) is 0. The van der Waals surface area contributed by atoms with Crippen LogP contribution < -0.4 is 0 Å². The number of fused-ring (bicyclic) bond motifs is 8. The van der Waals surface area contributed by atoms with Gasteiger partial charge in [-0.05, 0) is 89.6 Å². The maximum Gasteiger partial charge on any atom is 0.167 e. The number of furan rings is 1. The highest BCUT2D eigenvalue weighted by molar-refractivity contribution is 6.16. The van der Waals surface area contributed by atoms with Crippen molar-refractivity contribution >= 4 is 65.0 Å². The van der Waals surface area contributed by atoms with Gasteiger partial charge >= 0.3 is 0 Å². The Hall–Kier alpha value is -7.95. The summed E-state index contributed by atoms with van der Waals surface area (Å²) in [5, 5.41) is 11.4. The molecule has 0 atom stereocenters. The van der Waals surface area contributed by atoms with Gasteiger partial charge in [-0.2, -0.15) is 0 Å². The largest absolute Gasteiger partial charge is 0.455 e. The topological polar surface area (TPSA) is 51.8 Å². The number of aromatic nitrogens is 3. The predicted octanol–water partition coefficient (Wildman–Crippen LogP) is 14.7. The van der Waals surface area contributed by atoms with Gasteiger partial charge in [0.15, 0.2) is 17.5 Å². The lowest BCUT2D eigenvalue weighted by Crippen LogP contribution is -2.03. The molecule has 0 N–H and O–H groups in total. The minimum Gasteiger partial charge on any atom is -0.455 e. The summed E-state index contributed by atoms with van der Waals surface area (Å²) in [7, 11) is 0. The van der Waals surface area contributed by atoms with E-state index >= 15 is 0 Å². The number of hydrogen-bond acceptors (Lipinski definition) is 4. The van der Waals surface area contributed by atoms with Crippen LogP contribution in [0.2, 0.25) is 0 Å². The second-order valence-electron chi connectivity index (χ2n) is 15.1. The van der Waals surface area contributed by atoms with E-state index in [9.17, 15) is 0 Å². The monoisotopic (exact) mass is 751 g/mol. The van der Waals surface area contributed by atoms with Gasteiger partial charge in [-0.3, -0.25) is 0 Å². The van der Waals surface area contributed by atoms with Gasteiger partial charge in [-0.15, -0.1) is 0 Å². The summed E-state index contributed by atoms with van der Waals surface area (Å²) >= 11 is 0. The lowest BCUT2D eigenvalue weighted by atomic mass is 9.88. The molecule has 12 rings (SSSR count). The van der Waals surface area contributed by atoms with Gasteiger partial charge in [-0.1, -0.05) is 176 Å². The lowest BCUT2D eigenvalue weighted by Gasteiger charge is -2.18. The van der Waals surface area contributed by atoms with Crippen LogP contribution in [0.4, 0.5) is 0 Å². The van der Waals surface area contributed by atoms with Crippen molar-refractivity contribution in [3.8, 4) is 56.4 Å². The van der Waals surface area contributed by atoms with E-state index in [4.69, 9.17) is 19.4 Å². The summed E-state index contributed by atoms with van der Waals surface area (Å²) in [5.74, 6) is 1.73. The molecule has 4 heteroatoms. The van der Waals surface area contributed by atoms with Gasteiger partial charge in [0.25, 0.3) is 0 Å². The van der Waals surface area contributed by atoms with E-state index in [1.807, 2.05) is 18.2 Å². The summed E-state index contributed by atoms with van der Waals surface area (Å²) in [6.45, 7) is 0. The Morgan fingerprint density at radius 1 is 0.288 bits per heavy atom. The molecule has 59 heavy (non-hydrogen) atoms. The van der Waals surface area contributed by atoms with Crippen LogP contribution in [0.15, 0.2) is 205 Å². The standard InChI is InChI=1S/C55H33N3O/c1-2-16-36-32-38(29-28-34(36)14-1)40-19-7-10-24-47(40)53-56-54(48-26-13-25-46-44-23-11-12-27-50(44)59-52(46)48)58-55(57-53)51-41-20-6-3-15-35(41)30-31-45(51)49-33-37-17-4-5-18-39(37)42-21-8-9-22-43(42)49/h1-33H. The van der Waals surface area contributed by atoms with E-state index in [0.29, 0.717) is 17.5 Å². The van der Waals surface area contributed by atoms with Crippen molar-refractivity contribution < 1.29 is 4.42 Å². The van der Waals surface area contributed by atoms with Crippen molar-refractivity contribution in [2.75, 3.05) is 0 Å². The molecular formula is C55H33N3O. The molecule has 10 aromatic carbocycles. The van der Waals surface area contributed by atoms with Crippen molar-refractivity contribution in [1.82, 2.24) is 15.0 Å². The Bertz CT molecular complexity index is 3640. The van der Waals surface area contributed by atoms with Crippen LogP contribution >= 0.6 is 0 Å². The SMILES string of the molecule is c1ccc(-c2nc(-c3c(-c4cc5ccccc5c5ccccc45)ccc4ccccc34)nc(-c3cccc4c3oc3ccccc34)n2)c(-c2ccc3ccccc3c2)c1. The first-order chi connectivity index (χ1) is 29.2. The number of para-hydroxylation sites is 2. The third-order valence-electron chi connectivity index (χ3n) is 11.7. The summed E-state index contributed by atoms with van der Waals surface area (Å²) in [6, 6.07) is 70.5. The quantitative estimate of drug-likeness (QED) is 0.164. The zero-order valence-electron chi connectivity index (χ0n) is 31.8. The first kappa shape index (κ1) is 33.2. The van der Waals surface area contributed by atoms with E-state index in [2.05, 4.69) is 182 Å². The summed E-state index contributed by atoms with van der Waals surface area (Å²) in [4.78, 5) is 16.3. The summed E-state index contributed by atoms with van der Waals surface area (Å²) in [6.07, 6.45) is 0. The van der Waals surface area contributed by atoms with Crippen molar-refractivity contribution in [2.45, 2.75) is 0 Å². The zero-order valence-corrected chi connectivity index (χ0v) is 31.8. The van der Waals surface area contributed by atoms with E-state index in [0.717, 1.165) is 71.7 Å². The Morgan fingerprint density at radius 3 is 1.71 bits per heavy atom. The van der Waals surface area contributed by atoms with Crippen molar-refractivity contribution in [1.29, 1.82) is 0 Å². The molecule has 0 amide bonds. The normalized spacial score (nSPS) is 11.7. The Labute approximate surface area is 339 Å². The maximum atomic E-state index is 6.62. The van der Waals surface area contributed by atoms with Crippen LogP contribution in [0.3, 0.4) is 0 Å². The highest BCUT2D eigenvalue weighted by atomic mass is 16.3. The molecule has 0 aliphatic rings. The van der Waals surface area contributed by atoms with Crippen LogP contribution in [0.25, 0.3) is 121 Å². The molecule has 2 heterocycles. The average molecular weight is 752 g/mol. The van der Waals surface area contributed by atoms with Crippen molar-refractivity contribution in [3.05, 3.63) is 200 Å². The molecule has 0 bridgehead atoms. The van der Waals surface area contributed by atoms with Gasteiger partial charge in [0.05, 0.1) is 5.56 Å². The third kappa shape index (κ3) is 5.42. The maximum absolute atomic E-state index is 6.62. The molecule has 0 aliphatic heterocycles. The van der Waals surface area contributed by atoms with Gasteiger partial charge in [-0.25, -0.2) is 15.0 Å². The Balaban J connectivity index is 1.18. The van der Waals surface area contributed by atoms with Crippen molar-refractivity contribution in [3.63, 3.8) is 0 Å². The molecular weight excluding hydrogens is 719 g/mol. The van der Waals surface area contributed by atoms with Crippen LogP contribution in [0.5, 0.6) is 0 Å². The number of benzene rings is 10. The molecule has 0 spiro atoms. The second-order valence-corrected chi connectivity index (χ2v) is 15.1. The number of nitrogens with zero attached hydrogens (tertiary/aromatic N) is 3. The average Bonchev–Trinajstić information content (AvgIpc) is 3.70. The minimum absolute atomic E-state index is 0.547. The first-order valence-corrected chi connectivity index (χ1v) is 19.9. The van der Waals surface area contributed by atoms with E-state index in [1.165, 1.54) is 32.3 Å². The fourth-order valence-corrected chi connectivity index (χ4v) is 8.95. The van der Waals surface area contributed by atoms with Gasteiger partial charge in [0, 0.05) is 21.9 Å². The third-order valence-corrected chi connectivity index (χ3v) is 11.7. The fourth-order valence-electron chi connectivity index (χ4n) is 8.95. The molecule has 4 nitrogen and oxygen atoms in total. The molecule has 0 saturated carbocycles. The summed E-state index contributed by atoms with van der Waals surface area (Å²) in [5.41, 5.74) is 8.57. The molecule has 274 valence electrons. The van der Waals surface area contributed by atoms with E-state index < -0.39 is 0 Å². The van der Waals surface area contributed by atoms with Crippen LogP contribution in [0.1, 0.15) is 0 Å². The second kappa shape index (κ2) is 13.3. The van der Waals surface area contributed by atoms with Gasteiger partial charge in [0.1, 0.15) is 11.2 Å². The molecule has 0 unspecified atom stereocenters. The van der Waals surface area contributed by atoms with Gasteiger partial charge in [0.2, 0.25) is 0 Å². The number of hydrogen-bond donors (Lipinski definition) is 0. The molecule has 0 fully saturated rings. The molecule has 0 aliphatic carbocycles. The minimum atomic E-state index is 0.547. The van der Waals surface area contributed by atoms with Gasteiger partial charge < -0.3 is 4.42 Å². The molecule has 0 radical (unpaired) electrons. The lowest BCUT2D eigenvalue weighted by molar-refractivity contribution is 0.669. The number of rotatable bonds is 5. The predicted molar refractivity (Wildman–Crippen MR) is 244 cm³/mol. The molecule has 12 aromatic rings. The van der Waals surface area contributed by atoms with Crippen LogP contribution in [0, 0.1) is 0 Å².